The van der Waals surface area contributed by atoms with E-state index in [1.807, 2.05) is 42.5 Å². The molecule has 0 saturated carbocycles. The van der Waals surface area contributed by atoms with Gasteiger partial charge in [-0.05, 0) is 5.56 Å². The molecular weight excluding hydrogens is 264 g/mol. The molecule has 0 atom stereocenters. The van der Waals surface area contributed by atoms with Crippen LogP contribution < -0.4 is 4.74 Å². The van der Waals surface area contributed by atoms with Crippen molar-refractivity contribution in [3.8, 4) is 23.6 Å². The number of benzene rings is 2. The standard InChI is InChI=1S/C17H12N2O2/c1-21-16-9-13(10-18)14(15(11-19)17(16)20)8-7-12-5-3-2-4-6-12/h2-9,20H,1H3/b8-7+. The number of phenols is 1. The number of rotatable bonds is 3. The highest BCUT2D eigenvalue weighted by molar-refractivity contribution is 5.79. The summed E-state index contributed by atoms with van der Waals surface area (Å²) < 4.78 is 4.97. The van der Waals surface area contributed by atoms with E-state index in [2.05, 4.69) is 0 Å². The second kappa shape index (κ2) is 6.27. The van der Waals surface area contributed by atoms with Gasteiger partial charge in [0.2, 0.25) is 0 Å². The minimum absolute atomic E-state index is 0.0260. The van der Waals surface area contributed by atoms with Gasteiger partial charge in [0.05, 0.1) is 18.7 Å². The molecule has 2 aromatic carbocycles. The maximum Gasteiger partial charge on any atom is 0.176 e. The lowest BCUT2D eigenvalue weighted by Gasteiger charge is -2.09. The van der Waals surface area contributed by atoms with Crippen molar-refractivity contribution >= 4 is 12.2 Å². The minimum Gasteiger partial charge on any atom is -0.503 e. The van der Waals surface area contributed by atoms with E-state index in [-0.39, 0.29) is 22.6 Å². The van der Waals surface area contributed by atoms with Gasteiger partial charge in [-0.25, -0.2) is 0 Å². The van der Waals surface area contributed by atoms with Crippen LogP contribution in [0.4, 0.5) is 0 Å². The van der Waals surface area contributed by atoms with Crippen molar-refractivity contribution in [3.63, 3.8) is 0 Å². The molecule has 0 unspecified atom stereocenters. The fourth-order valence-electron chi connectivity index (χ4n) is 1.94. The first-order chi connectivity index (χ1) is 10.2. The number of methoxy groups -OCH3 is 1. The molecular formula is C17H12N2O2. The van der Waals surface area contributed by atoms with Crippen LogP contribution in [0.25, 0.3) is 12.2 Å². The first-order valence-electron chi connectivity index (χ1n) is 6.18. The third kappa shape index (κ3) is 2.86. The van der Waals surface area contributed by atoms with Gasteiger partial charge in [0.1, 0.15) is 11.6 Å². The van der Waals surface area contributed by atoms with Crippen molar-refractivity contribution in [1.82, 2.24) is 0 Å². The number of hydrogen-bond acceptors (Lipinski definition) is 4. The number of phenolic OH excluding ortho intramolecular Hbond substituents is 1. The fourth-order valence-corrected chi connectivity index (χ4v) is 1.94. The number of nitrogens with zero attached hydrogens (tertiary/aromatic N) is 2. The molecule has 1 N–H and O–H groups in total. The quantitative estimate of drug-likeness (QED) is 0.872. The van der Waals surface area contributed by atoms with Crippen LogP contribution in [0.1, 0.15) is 22.3 Å². The highest BCUT2D eigenvalue weighted by atomic mass is 16.5. The first-order valence-corrected chi connectivity index (χ1v) is 6.18. The normalized spacial score (nSPS) is 10.0. The lowest BCUT2D eigenvalue weighted by molar-refractivity contribution is 0.372. The zero-order chi connectivity index (χ0) is 15.2. The number of nitriles is 2. The monoisotopic (exact) mass is 276 g/mol. The molecule has 0 aliphatic heterocycles. The molecule has 4 heteroatoms. The number of aromatic hydroxyl groups is 1. The highest BCUT2D eigenvalue weighted by Crippen LogP contribution is 2.35. The minimum atomic E-state index is -0.258. The second-order valence-corrected chi connectivity index (χ2v) is 4.23. The summed E-state index contributed by atoms with van der Waals surface area (Å²) in [5.74, 6) is -0.147. The molecule has 0 amide bonds. The van der Waals surface area contributed by atoms with Gasteiger partial charge in [0.25, 0.3) is 0 Å². The molecule has 0 heterocycles. The molecule has 0 fully saturated rings. The molecule has 0 saturated heterocycles. The van der Waals surface area contributed by atoms with Crippen molar-refractivity contribution in [3.05, 3.63) is 58.7 Å². The van der Waals surface area contributed by atoms with Crippen molar-refractivity contribution in [2.24, 2.45) is 0 Å². The zero-order valence-electron chi connectivity index (χ0n) is 11.4. The Balaban J connectivity index is 2.58. The highest BCUT2D eigenvalue weighted by Gasteiger charge is 2.16. The van der Waals surface area contributed by atoms with Gasteiger partial charge in [0.15, 0.2) is 11.5 Å². The van der Waals surface area contributed by atoms with Gasteiger partial charge in [-0.2, -0.15) is 10.5 Å². The van der Waals surface area contributed by atoms with Crippen LogP contribution in [-0.2, 0) is 0 Å². The summed E-state index contributed by atoms with van der Waals surface area (Å²) in [5, 5.41) is 28.4. The summed E-state index contributed by atoms with van der Waals surface area (Å²) in [7, 11) is 1.37. The fraction of sp³-hybridized carbons (Fsp3) is 0.0588. The van der Waals surface area contributed by atoms with E-state index in [4.69, 9.17) is 4.74 Å². The lowest BCUT2D eigenvalue weighted by Crippen LogP contribution is -1.94. The smallest absolute Gasteiger partial charge is 0.176 e. The van der Waals surface area contributed by atoms with Crippen LogP contribution in [0, 0.1) is 22.7 Å². The van der Waals surface area contributed by atoms with Crippen LogP contribution in [0.15, 0.2) is 36.4 Å². The summed E-state index contributed by atoms with van der Waals surface area (Å²) >= 11 is 0. The zero-order valence-corrected chi connectivity index (χ0v) is 11.4. The van der Waals surface area contributed by atoms with E-state index in [9.17, 15) is 15.6 Å². The van der Waals surface area contributed by atoms with E-state index in [1.165, 1.54) is 13.2 Å². The van der Waals surface area contributed by atoms with Gasteiger partial charge in [-0.1, -0.05) is 42.5 Å². The predicted octanol–water partition coefficient (Wildman–Crippen LogP) is 3.31. The van der Waals surface area contributed by atoms with Crippen molar-refractivity contribution < 1.29 is 9.84 Å². The molecule has 0 bridgehead atoms. The van der Waals surface area contributed by atoms with Gasteiger partial charge >= 0.3 is 0 Å². The first kappa shape index (κ1) is 14.2. The van der Waals surface area contributed by atoms with Gasteiger partial charge < -0.3 is 9.84 Å². The van der Waals surface area contributed by atoms with Crippen molar-refractivity contribution in [2.75, 3.05) is 7.11 Å². The number of ether oxygens (including phenoxy) is 1. The summed E-state index contributed by atoms with van der Waals surface area (Å²) in [6, 6.07) is 14.8. The van der Waals surface area contributed by atoms with Gasteiger partial charge in [0, 0.05) is 11.6 Å². The van der Waals surface area contributed by atoms with Crippen molar-refractivity contribution in [1.29, 1.82) is 10.5 Å². The topological polar surface area (TPSA) is 77.0 Å². The average Bonchev–Trinajstić information content (AvgIpc) is 2.53. The average molecular weight is 276 g/mol. The second-order valence-electron chi connectivity index (χ2n) is 4.23. The summed E-state index contributed by atoms with van der Waals surface area (Å²) in [6.45, 7) is 0. The SMILES string of the molecule is COc1cc(C#N)c(/C=C/c2ccccc2)c(C#N)c1O. The maximum atomic E-state index is 10.00. The Kier molecular flexibility index (Phi) is 4.23. The van der Waals surface area contributed by atoms with E-state index in [1.54, 1.807) is 12.2 Å². The molecule has 102 valence electrons. The summed E-state index contributed by atoms with van der Waals surface area (Å²) in [6.07, 6.45) is 3.43. The van der Waals surface area contributed by atoms with Gasteiger partial charge in [-0.15, -0.1) is 0 Å². The summed E-state index contributed by atoms with van der Waals surface area (Å²) in [4.78, 5) is 0. The van der Waals surface area contributed by atoms with E-state index >= 15 is 0 Å². The maximum absolute atomic E-state index is 10.00. The van der Waals surface area contributed by atoms with Crippen LogP contribution >= 0.6 is 0 Å². The Morgan fingerprint density at radius 1 is 1.10 bits per heavy atom. The van der Waals surface area contributed by atoms with E-state index < -0.39 is 0 Å². The third-order valence-corrected chi connectivity index (χ3v) is 3.00. The van der Waals surface area contributed by atoms with Crippen LogP contribution in [0.5, 0.6) is 11.5 Å². The molecule has 0 spiro atoms. The van der Waals surface area contributed by atoms with E-state index in [0.717, 1.165) is 5.56 Å². The third-order valence-electron chi connectivity index (χ3n) is 3.00. The Morgan fingerprint density at radius 2 is 1.81 bits per heavy atom. The summed E-state index contributed by atoms with van der Waals surface area (Å²) in [5.41, 5.74) is 1.61. The van der Waals surface area contributed by atoms with E-state index in [0.29, 0.717) is 5.56 Å². The molecule has 21 heavy (non-hydrogen) atoms. The lowest BCUT2D eigenvalue weighted by atomic mass is 9.99. The Labute approximate surface area is 122 Å². The Bertz CT molecular complexity index is 766. The van der Waals surface area contributed by atoms with Crippen molar-refractivity contribution in [2.45, 2.75) is 0 Å². The molecule has 2 aromatic rings. The molecule has 2 rings (SSSR count). The molecule has 0 radical (unpaired) electrons. The molecule has 0 aliphatic carbocycles. The molecule has 0 aromatic heterocycles. The Hall–Kier alpha value is -3.24. The molecule has 4 nitrogen and oxygen atoms in total. The predicted molar refractivity (Wildman–Crippen MR) is 79.5 cm³/mol. The van der Waals surface area contributed by atoms with Crippen LogP contribution in [0.3, 0.4) is 0 Å². The van der Waals surface area contributed by atoms with Crippen LogP contribution in [0.2, 0.25) is 0 Å². The van der Waals surface area contributed by atoms with Gasteiger partial charge in [-0.3, -0.25) is 0 Å². The number of hydrogen-bond donors (Lipinski definition) is 1. The van der Waals surface area contributed by atoms with Crippen LogP contribution in [-0.4, -0.2) is 12.2 Å². The Morgan fingerprint density at radius 3 is 2.38 bits per heavy atom. The largest absolute Gasteiger partial charge is 0.503 e. The molecule has 0 aliphatic rings.